The van der Waals surface area contributed by atoms with Crippen molar-refractivity contribution < 1.29 is 13.2 Å². The number of methoxy groups -OCH3 is 1. The SMILES string of the molecule is COc1ccc(CS(=O)(=O)N(C)CCN(C)C)cc1. The smallest absolute Gasteiger partial charge is 0.218 e. The molecule has 6 heteroatoms. The lowest BCUT2D eigenvalue weighted by atomic mass is 10.2. The van der Waals surface area contributed by atoms with Gasteiger partial charge < -0.3 is 9.64 Å². The van der Waals surface area contributed by atoms with Gasteiger partial charge in [-0.05, 0) is 31.8 Å². The second-order valence-electron chi connectivity index (χ2n) is 4.73. The van der Waals surface area contributed by atoms with Gasteiger partial charge in [-0.25, -0.2) is 12.7 Å². The lowest BCUT2D eigenvalue weighted by molar-refractivity contribution is 0.358. The zero-order chi connectivity index (χ0) is 14.5. The van der Waals surface area contributed by atoms with Crippen LogP contribution in [0.1, 0.15) is 5.56 Å². The fraction of sp³-hybridized carbons (Fsp3) is 0.538. The molecule has 5 nitrogen and oxygen atoms in total. The van der Waals surface area contributed by atoms with E-state index in [1.54, 1.807) is 38.4 Å². The topological polar surface area (TPSA) is 49.9 Å². The van der Waals surface area contributed by atoms with Crippen LogP contribution in [0.5, 0.6) is 5.75 Å². The Kier molecular flexibility index (Phi) is 5.78. The molecule has 0 aliphatic rings. The van der Waals surface area contributed by atoms with E-state index < -0.39 is 10.0 Å². The minimum Gasteiger partial charge on any atom is -0.497 e. The largest absolute Gasteiger partial charge is 0.497 e. The molecule has 1 aromatic carbocycles. The maximum Gasteiger partial charge on any atom is 0.218 e. The summed E-state index contributed by atoms with van der Waals surface area (Å²) >= 11 is 0. The van der Waals surface area contributed by atoms with Crippen LogP contribution in [0.2, 0.25) is 0 Å². The summed E-state index contributed by atoms with van der Waals surface area (Å²) in [6.45, 7) is 1.20. The van der Waals surface area contributed by atoms with E-state index >= 15 is 0 Å². The van der Waals surface area contributed by atoms with E-state index in [-0.39, 0.29) is 5.75 Å². The Morgan fingerprint density at radius 1 is 1.05 bits per heavy atom. The highest BCUT2D eigenvalue weighted by Gasteiger charge is 2.18. The van der Waals surface area contributed by atoms with E-state index in [2.05, 4.69) is 0 Å². The van der Waals surface area contributed by atoms with E-state index in [0.29, 0.717) is 13.1 Å². The van der Waals surface area contributed by atoms with Gasteiger partial charge in [-0.15, -0.1) is 0 Å². The average molecular weight is 286 g/mol. The molecule has 1 aromatic rings. The number of rotatable bonds is 7. The Hall–Kier alpha value is -1.11. The van der Waals surface area contributed by atoms with Crippen molar-refractivity contribution in [3.05, 3.63) is 29.8 Å². The van der Waals surface area contributed by atoms with Gasteiger partial charge in [0.05, 0.1) is 12.9 Å². The predicted octanol–water partition coefficient (Wildman–Crippen LogP) is 1.02. The number of likely N-dealkylation sites (N-methyl/N-ethyl adjacent to an activating group) is 2. The summed E-state index contributed by atoms with van der Waals surface area (Å²) in [5.74, 6) is 0.739. The molecule has 0 aromatic heterocycles. The number of hydrogen-bond donors (Lipinski definition) is 0. The first kappa shape index (κ1) is 15.9. The molecule has 108 valence electrons. The third-order valence-electron chi connectivity index (χ3n) is 2.85. The van der Waals surface area contributed by atoms with Crippen LogP contribution in [0.4, 0.5) is 0 Å². The zero-order valence-electron chi connectivity index (χ0n) is 12.0. The molecule has 0 aliphatic carbocycles. The molecule has 0 bridgehead atoms. The van der Waals surface area contributed by atoms with Crippen molar-refractivity contribution in [1.82, 2.24) is 9.21 Å². The van der Waals surface area contributed by atoms with Crippen LogP contribution in [0.15, 0.2) is 24.3 Å². The first-order valence-corrected chi connectivity index (χ1v) is 7.68. The van der Waals surface area contributed by atoms with Crippen molar-refractivity contribution in [2.24, 2.45) is 0 Å². The molecule has 0 saturated heterocycles. The van der Waals surface area contributed by atoms with E-state index in [9.17, 15) is 8.42 Å². The number of ether oxygens (including phenoxy) is 1. The molecule has 1 rings (SSSR count). The van der Waals surface area contributed by atoms with Crippen molar-refractivity contribution in [1.29, 1.82) is 0 Å². The lowest BCUT2D eigenvalue weighted by Crippen LogP contribution is -2.34. The van der Waals surface area contributed by atoms with Crippen molar-refractivity contribution in [2.45, 2.75) is 5.75 Å². The second-order valence-corrected chi connectivity index (χ2v) is 6.80. The summed E-state index contributed by atoms with van der Waals surface area (Å²) in [6.07, 6.45) is 0. The van der Waals surface area contributed by atoms with Crippen LogP contribution in [0, 0.1) is 0 Å². The van der Waals surface area contributed by atoms with Crippen LogP contribution >= 0.6 is 0 Å². The van der Waals surface area contributed by atoms with Crippen molar-refractivity contribution in [2.75, 3.05) is 41.3 Å². The molecular weight excluding hydrogens is 264 g/mol. The third kappa shape index (κ3) is 5.18. The van der Waals surface area contributed by atoms with Gasteiger partial charge in [-0.1, -0.05) is 12.1 Å². The molecule has 0 radical (unpaired) electrons. The fourth-order valence-corrected chi connectivity index (χ4v) is 2.72. The van der Waals surface area contributed by atoms with Gasteiger partial charge in [0.15, 0.2) is 0 Å². The number of nitrogens with zero attached hydrogens (tertiary/aromatic N) is 2. The predicted molar refractivity (Wildman–Crippen MR) is 76.8 cm³/mol. The molecule has 0 amide bonds. The quantitative estimate of drug-likeness (QED) is 0.751. The maximum atomic E-state index is 12.1. The monoisotopic (exact) mass is 286 g/mol. The summed E-state index contributed by atoms with van der Waals surface area (Å²) in [5, 5.41) is 0. The Balaban J connectivity index is 2.67. The van der Waals surface area contributed by atoms with E-state index in [0.717, 1.165) is 11.3 Å². The summed E-state index contributed by atoms with van der Waals surface area (Å²) in [4.78, 5) is 1.96. The highest BCUT2D eigenvalue weighted by Crippen LogP contribution is 2.14. The number of hydrogen-bond acceptors (Lipinski definition) is 4. The minimum atomic E-state index is -3.26. The number of benzene rings is 1. The van der Waals surface area contributed by atoms with Crippen LogP contribution in [-0.4, -0.2) is 59.0 Å². The Morgan fingerprint density at radius 2 is 1.63 bits per heavy atom. The first-order valence-electron chi connectivity index (χ1n) is 6.07. The molecule has 0 spiro atoms. The molecule has 0 heterocycles. The van der Waals surface area contributed by atoms with E-state index in [4.69, 9.17) is 4.74 Å². The van der Waals surface area contributed by atoms with Gasteiger partial charge >= 0.3 is 0 Å². The van der Waals surface area contributed by atoms with Crippen LogP contribution in [0.3, 0.4) is 0 Å². The second kappa shape index (κ2) is 6.88. The van der Waals surface area contributed by atoms with Gasteiger partial charge in [0, 0.05) is 20.1 Å². The van der Waals surface area contributed by atoms with E-state index in [1.165, 1.54) is 4.31 Å². The molecule has 0 saturated carbocycles. The minimum absolute atomic E-state index is 0.0148. The Morgan fingerprint density at radius 3 is 2.11 bits per heavy atom. The van der Waals surface area contributed by atoms with Crippen LogP contribution < -0.4 is 4.74 Å². The standard InChI is InChI=1S/C13H22N2O3S/c1-14(2)9-10-15(3)19(16,17)11-12-5-7-13(18-4)8-6-12/h5-8H,9-11H2,1-4H3. The fourth-order valence-electron chi connectivity index (χ4n) is 1.52. The van der Waals surface area contributed by atoms with Gasteiger partial charge in [0.2, 0.25) is 10.0 Å². The van der Waals surface area contributed by atoms with Crippen molar-refractivity contribution in [3.63, 3.8) is 0 Å². The van der Waals surface area contributed by atoms with Gasteiger partial charge in [0.1, 0.15) is 5.75 Å². The van der Waals surface area contributed by atoms with Gasteiger partial charge in [-0.2, -0.15) is 0 Å². The maximum absolute atomic E-state index is 12.1. The molecule has 0 N–H and O–H groups in total. The van der Waals surface area contributed by atoms with Gasteiger partial charge in [0.25, 0.3) is 0 Å². The molecule has 19 heavy (non-hydrogen) atoms. The molecule has 0 atom stereocenters. The molecule has 0 aliphatic heterocycles. The molecular formula is C13H22N2O3S. The van der Waals surface area contributed by atoms with E-state index in [1.807, 2.05) is 19.0 Å². The molecule has 0 fully saturated rings. The summed E-state index contributed by atoms with van der Waals surface area (Å²) in [7, 11) is 3.78. The Labute approximate surface area is 115 Å². The summed E-state index contributed by atoms with van der Waals surface area (Å²) < 4.78 is 30.7. The first-order chi connectivity index (χ1) is 8.85. The Bertz CT molecular complexity index is 483. The van der Waals surface area contributed by atoms with Gasteiger partial charge in [-0.3, -0.25) is 0 Å². The zero-order valence-corrected chi connectivity index (χ0v) is 12.8. The highest BCUT2D eigenvalue weighted by molar-refractivity contribution is 7.88. The van der Waals surface area contributed by atoms with Crippen LogP contribution in [-0.2, 0) is 15.8 Å². The highest BCUT2D eigenvalue weighted by atomic mass is 32.2. The normalized spacial score (nSPS) is 12.1. The summed E-state index contributed by atoms with van der Waals surface area (Å²) in [5.41, 5.74) is 0.762. The number of sulfonamides is 1. The lowest BCUT2D eigenvalue weighted by Gasteiger charge is -2.19. The van der Waals surface area contributed by atoms with Crippen LogP contribution in [0.25, 0.3) is 0 Å². The van der Waals surface area contributed by atoms with Crippen molar-refractivity contribution >= 4 is 10.0 Å². The third-order valence-corrected chi connectivity index (χ3v) is 4.68. The average Bonchev–Trinajstić information content (AvgIpc) is 2.36. The van der Waals surface area contributed by atoms with Crippen molar-refractivity contribution in [3.8, 4) is 5.75 Å². The summed E-state index contributed by atoms with van der Waals surface area (Å²) in [6, 6.07) is 7.09. The molecule has 0 unspecified atom stereocenters.